The third kappa shape index (κ3) is 3.70. The first kappa shape index (κ1) is 12.8. The lowest BCUT2D eigenvalue weighted by Crippen LogP contribution is -1.86. The van der Waals surface area contributed by atoms with Crippen LogP contribution in [0.3, 0.4) is 0 Å². The monoisotopic (exact) mass is 303 g/mol. The SMILES string of the molecule is COc1ccc(CN=Cc2cccc(Br)c2)cc1. The number of ether oxygens (including phenoxy) is 1. The average molecular weight is 304 g/mol. The number of benzene rings is 2. The summed E-state index contributed by atoms with van der Waals surface area (Å²) in [5.74, 6) is 0.870. The third-order valence-corrected chi connectivity index (χ3v) is 3.02. The topological polar surface area (TPSA) is 21.6 Å². The van der Waals surface area contributed by atoms with E-state index in [9.17, 15) is 0 Å². The summed E-state index contributed by atoms with van der Waals surface area (Å²) >= 11 is 3.44. The predicted octanol–water partition coefficient (Wildman–Crippen LogP) is 4.08. The van der Waals surface area contributed by atoms with E-state index in [1.165, 1.54) is 5.56 Å². The van der Waals surface area contributed by atoms with Gasteiger partial charge in [0.25, 0.3) is 0 Å². The van der Waals surface area contributed by atoms with Gasteiger partial charge in [-0.05, 0) is 35.4 Å². The van der Waals surface area contributed by atoms with Crippen LogP contribution in [0.1, 0.15) is 11.1 Å². The van der Waals surface area contributed by atoms with Gasteiger partial charge in [0.2, 0.25) is 0 Å². The Kier molecular flexibility index (Phi) is 4.53. The number of nitrogens with zero attached hydrogens (tertiary/aromatic N) is 1. The molecule has 0 unspecified atom stereocenters. The molecule has 0 N–H and O–H groups in total. The van der Waals surface area contributed by atoms with Gasteiger partial charge in [-0.15, -0.1) is 0 Å². The highest BCUT2D eigenvalue weighted by Crippen LogP contribution is 2.12. The van der Waals surface area contributed by atoms with Crippen molar-refractivity contribution in [2.24, 2.45) is 4.99 Å². The van der Waals surface area contributed by atoms with Crippen molar-refractivity contribution in [3.05, 3.63) is 64.1 Å². The lowest BCUT2D eigenvalue weighted by molar-refractivity contribution is 0.414. The van der Waals surface area contributed by atoms with Gasteiger partial charge in [0.05, 0.1) is 13.7 Å². The summed E-state index contributed by atoms with van der Waals surface area (Å²) in [6.07, 6.45) is 1.88. The molecule has 0 aliphatic carbocycles. The van der Waals surface area contributed by atoms with E-state index in [2.05, 4.69) is 20.9 Å². The van der Waals surface area contributed by atoms with Gasteiger partial charge in [0, 0.05) is 10.7 Å². The largest absolute Gasteiger partial charge is 0.497 e. The summed E-state index contributed by atoms with van der Waals surface area (Å²) in [7, 11) is 1.67. The minimum absolute atomic E-state index is 0.677. The van der Waals surface area contributed by atoms with Crippen molar-refractivity contribution in [2.45, 2.75) is 6.54 Å². The van der Waals surface area contributed by atoms with E-state index in [4.69, 9.17) is 4.74 Å². The van der Waals surface area contributed by atoms with E-state index in [0.29, 0.717) is 6.54 Å². The summed E-state index contributed by atoms with van der Waals surface area (Å²) < 4.78 is 6.18. The van der Waals surface area contributed by atoms with Gasteiger partial charge in [-0.25, -0.2) is 0 Å². The van der Waals surface area contributed by atoms with Gasteiger partial charge in [-0.2, -0.15) is 0 Å². The van der Waals surface area contributed by atoms with Crippen molar-refractivity contribution < 1.29 is 4.74 Å². The Morgan fingerprint density at radius 3 is 2.61 bits per heavy atom. The van der Waals surface area contributed by atoms with Crippen molar-refractivity contribution >= 4 is 22.1 Å². The van der Waals surface area contributed by atoms with Crippen LogP contribution in [0.25, 0.3) is 0 Å². The highest BCUT2D eigenvalue weighted by Gasteiger charge is 1.93. The van der Waals surface area contributed by atoms with Crippen LogP contribution in [0.2, 0.25) is 0 Å². The number of methoxy groups -OCH3 is 1. The molecule has 0 aliphatic heterocycles. The minimum Gasteiger partial charge on any atom is -0.497 e. The first-order valence-corrected chi connectivity index (χ1v) is 6.45. The Hall–Kier alpha value is -1.61. The smallest absolute Gasteiger partial charge is 0.118 e. The fourth-order valence-corrected chi connectivity index (χ4v) is 1.99. The molecule has 2 nitrogen and oxygen atoms in total. The zero-order valence-electron chi connectivity index (χ0n) is 10.1. The van der Waals surface area contributed by atoms with Crippen LogP contribution < -0.4 is 4.74 Å². The third-order valence-electron chi connectivity index (χ3n) is 2.52. The molecule has 2 aromatic carbocycles. The molecule has 2 aromatic rings. The standard InChI is InChI=1S/C15H14BrNO/c1-18-15-7-5-12(6-8-15)10-17-11-13-3-2-4-14(16)9-13/h2-9,11H,10H2,1H3. The Labute approximate surface area is 115 Å². The van der Waals surface area contributed by atoms with Crippen molar-refractivity contribution in [1.29, 1.82) is 0 Å². The molecule has 0 aromatic heterocycles. The molecule has 0 aliphatic rings. The zero-order chi connectivity index (χ0) is 12.8. The second-order valence-electron chi connectivity index (χ2n) is 3.87. The van der Waals surface area contributed by atoms with E-state index in [0.717, 1.165) is 15.8 Å². The molecule has 0 radical (unpaired) electrons. The average Bonchev–Trinajstić information content (AvgIpc) is 2.40. The van der Waals surface area contributed by atoms with Crippen molar-refractivity contribution in [1.82, 2.24) is 0 Å². The Morgan fingerprint density at radius 1 is 1.17 bits per heavy atom. The molecular formula is C15H14BrNO. The van der Waals surface area contributed by atoms with Crippen LogP contribution in [0.15, 0.2) is 58.0 Å². The first-order valence-electron chi connectivity index (χ1n) is 5.66. The van der Waals surface area contributed by atoms with Gasteiger partial charge < -0.3 is 4.74 Å². The number of hydrogen-bond acceptors (Lipinski definition) is 2. The fourth-order valence-electron chi connectivity index (χ4n) is 1.57. The normalized spacial score (nSPS) is 10.8. The predicted molar refractivity (Wildman–Crippen MR) is 78.4 cm³/mol. The van der Waals surface area contributed by atoms with E-state index < -0.39 is 0 Å². The van der Waals surface area contributed by atoms with E-state index >= 15 is 0 Å². The van der Waals surface area contributed by atoms with Crippen LogP contribution in [0.5, 0.6) is 5.75 Å². The highest BCUT2D eigenvalue weighted by atomic mass is 79.9. The van der Waals surface area contributed by atoms with Crippen LogP contribution in [-0.2, 0) is 6.54 Å². The Morgan fingerprint density at radius 2 is 1.94 bits per heavy atom. The number of aliphatic imine (C=N–C) groups is 1. The number of hydrogen-bond donors (Lipinski definition) is 0. The second-order valence-corrected chi connectivity index (χ2v) is 4.79. The summed E-state index contributed by atoms with van der Waals surface area (Å²) in [6, 6.07) is 16.0. The maximum atomic E-state index is 5.11. The van der Waals surface area contributed by atoms with Crippen molar-refractivity contribution in [3.8, 4) is 5.75 Å². The molecule has 0 saturated heterocycles. The molecule has 0 heterocycles. The fraction of sp³-hybridized carbons (Fsp3) is 0.133. The van der Waals surface area contributed by atoms with Crippen LogP contribution in [0, 0.1) is 0 Å². The lowest BCUT2D eigenvalue weighted by Gasteiger charge is -2.00. The molecule has 0 spiro atoms. The van der Waals surface area contributed by atoms with E-state index in [-0.39, 0.29) is 0 Å². The van der Waals surface area contributed by atoms with E-state index in [1.54, 1.807) is 7.11 Å². The van der Waals surface area contributed by atoms with Gasteiger partial charge in [0.1, 0.15) is 5.75 Å². The summed E-state index contributed by atoms with van der Waals surface area (Å²) in [5.41, 5.74) is 2.26. The maximum absolute atomic E-state index is 5.11. The molecule has 92 valence electrons. The molecular weight excluding hydrogens is 290 g/mol. The minimum atomic E-state index is 0.677. The molecule has 2 rings (SSSR count). The molecule has 0 fully saturated rings. The van der Waals surface area contributed by atoms with E-state index in [1.807, 2.05) is 54.7 Å². The molecule has 0 bridgehead atoms. The second kappa shape index (κ2) is 6.36. The van der Waals surface area contributed by atoms with Gasteiger partial charge >= 0.3 is 0 Å². The first-order chi connectivity index (χ1) is 8.78. The van der Waals surface area contributed by atoms with Crippen LogP contribution in [-0.4, -0.2) is 13.3 Å². The van der Waals surface area contributed by atoms with Crippen molar-refractivity contribution in [3.63, 3.8) is 0 Å². The van der Waals surface area contributed by atoms with Crippen LogP contribution in [0.4, 0.5) is 0 Å². The quantitative estimate of drug-likeness (QED) is 0.780. The molecule has 0 atom stereocenters. The Balaban J connectivity index is 1.98. The molecule has 0 saturated carbocycles. The maximum Gasteiger partial charge on any atom is 0.118 e. The molecule has 0 amide bonds. The highest BCUT2D eigenvalue weighted by molar-refractivity contribution is 9.10. The van der Waals surface area contributed by atoms with Gasteiger partial charge in [0.15, 0.2) is 0 Å². The summed E-state index contributed by atoms with van der Waals surface area (Å²) in [4.78, 5) is 4.42. The summed E-state index contributed by atoms with van der Waals surface area (Å²) in [6.45, 7) is 0.677. The number of rotatable bonds is 4. The Bertz CT molecular complexity index is 534. The lowest BCUT2D eigenvalue weighted by atomic mass is 10.2. The zero-order valence-corrected chi connectivity index (χ0v) is 11.7. The number of halogens is 1. The molecule has 3 heteroatoms. The van der Waals surface area contributed by atoms with Gasteiger partial charge in [-0.3, -0.25) is 4.99 Å². The van der Waals surface area contributed by atoms with Crippen molar-refractivity contribution in [2.75, 3.05) is 7.11 Å². The van der Waals surface area contributed by atoms with Crippen LogP contribution >= 0.6 is 15.9 Å². The molecule has 18 heavy (non-hydrogen) atoms. The summed E-state index contributed by atoms with van der Waals surface area (Å²) in [5, 5.41) is 0. The van der Waals surface area contributed by atoms with Gasteiger partial charge in [-0.1, -0.05) is 40.2 Å².